The molecule has 0 amide bonds. The molecule has 67 heavy (non-hydrogen) atoms. The van der Waals surface area contributed by atoms with E-state index in [2.05, 4.69) is 231 Å². The second-order valence-corrected chi connectivity index (χ2v) is 19.3. The van der Waals surface area contributed by atoms with E-state index in [9.17, 15) is 0 Å². The summed E-state index contributed by atoms with van der Waals surface area (Å²) in [6.45, 7) is 0. The first-order chi connectivity index (χ1) is 33.2. The highest BCUT2D eigenvalue weighted by Crippen LogP contribution is 2.68. The number of rotatable bonds is 3. The molecule has 10 aromatic carbocycles. The molecule has 15 rings (SSSR count). The van der Waals surface area contributed by atoms with Gasteiger partial charge >= 0.3 is 0 Å². The van der Waals surface area contributed by atoms with Gasteiger partial charge in [0.1, 0.15) is 0 Å². The van der Waals surface area contributed by atoms with E-state index in [-0.39, 0.29) is 0 Å². The first-order valence-corrected chi connectivity index (χ1v) is 24.0. The Morgan fingerprint density at radius 1 is 0.313 bits per heavy atom. The molecule has 3 heteroatoms. The fourth-order valence-corrected chi connectivity index (χ4v) is 13.8. The van der Waals surface area contributed by atoms with Crippen molar-refractivity contribution in [2.24, 2.45) is 0 Å². The average Bonchev–Trinajstić information content (AvgIpc) is 4.03. The molecule has 0 saturated carbocycles. The highest BCUT2D eigenvalue weighted by Gasteiger charge is 2.59. The zero-order chi connectivity index (χ0) is 43.8. The van der Waals surface area contributed by atoms with Crippen LogP contribution in [0.25, 0.3) is 87.1 Å². The first kappa shape index (κ1) is 37.0. The van der Waals surface area contributed by atoms with E-state index in [0.717, 1.165) is 33.5 Å². The van der Waals surface area contributed by atoms with Crippen LogP contribution in [-0.4, -0.2) is 9.97 Å². The van der Waals surface area contributed by atoms with E-state index in [1.54, 1.807) is 0 Å². The van der Waals surface area contributed by atoms with Crippen LogP contribution in [0, 0.1) is 0 Å². The third-order valence-corrected chi connectivity index (χ3v) is 16.3. The lowest BCUT2D eigenvalue weighted by molar-refractivity contribution is 0.633. The molecule has 2 heterocycles. The van der Waals surface area contributed by atoms with Crippen molar-refractivity contribution < 1.29 is 0 Å². The minimum Gasteiger partial charge on any atom is -0.228 e. The molecule has 0 radical (unpaired) electrons. The van der Waals surface area contributed by atoms with Crippen molar-refractivity contribution in [2.45, 2.75) is 10.8 Å². The predicted molar refractivity (Wildman–Crippen MR) is 277 cm³/mol. The molecule has 310 valence electrons. The van der Waals surface area contributed by atoms with E-state index in [1.165, 1.54) is 92.3 Å². The number of nitrogens with zero attached hydrogens (tertiary/aromatic N) is 2. The number of hydrogen-bond donors (Lipinski definition) is 0. The van der Waals surface area contributed by atoms with Gasteiger partial charge in [0.15, 0.2) is 5.82 Å². The van der Waals surface area contributed by atoms with Gasteiger partial charge in [-0.15, -0.1) is 11.3 Å². The molecule has 0 aliphatic heterocycles. The Morgan fingerprint density at radius 2 is 0.851 bits per heavy atom. The van der Waals surface area contributed by atoms with Crippen molar-refractivity contribution in [3.05, 3.63) is 275 Å². The molecule has 0 unspecified atom stereocenters. The Kier molecular flexibility index (Phi) is 7.54. The van der Waals surface area contributed by atoms with Crippen LogP contribution in [0.15, 0.2) is 231 Å². The summed E-state index contributed by atoms with van der Waals surface area (Å²) >= 11 is 1.89. The summed E-state index contributed by atoms with van der Waals surface area (Å²) in [5.74, 6) is 0.715. The van der Waals surface area contributed by atoms with E-state index in [1.807, 2.05) is 11.3 Å². The van der Waals surface area contributed by atoms with Crippen LogP contribution in [0.5, 0.6) is 0 Å². The maximum atomic E-state index is 5.53. The number of fused-ring (bicyclic) bond motifs is 21. The van der Waals surface area contributed by atoms with Crippen molar-refractivity contribution in [1.29, 1.82) is 0 Å². The summed E-state index contributed by atoms with van der Waals surface area (Å²) in [5.41, 5.74) is 19.6. The molecule has 0 fully saturated rings. The van der Waals surface area contributed by atoms with Crippen LogP contribution in [0.2, 0.25) is 0 Å². The van der Waals surface area contributed by atoms with Crippen molar-refractivity contribution in [2.75, 3.05) is 0 Å². The van der Waals surface area contributed by atoms with Gasteiger partial charge in [0.05, 0.1) is 22.2 Å². The van der Waals surface area contributed by atoms with Crippen molar-refractivity contribution in [3.8, 4) is 56.2 Å². The maximum absolute atomic E-state index is 5.53. The minimum absolute atomic E-state index is 0.518. The first-order valence-electron chi connectivity index (χ1n) is 23.1. The summed E-state index contributed by atoms with van der Waals surface area (Å²) in [6.07, 6.45) is 0. The molecule has 2 aromatic heterocycles. The molecule has 2 spiro atoms. The van der Waals surface area contributed by atoms with E-state index >= 15 is 0 Å². The Hall–Kier alpha value is -8.24. The Balaban J connectivity index is 1.07. The van der Waals surface area contributed by atoms with Gasteiger partial charge in [-0.2, -0.15) is 0 Å². The van der Waals surface area contributed by atoms with Gasteiger partial charge in [-0.1, -0.05) is 206 Å². The van der Waals surface area contributed by atoms with Crippen LogP contribution < -0.4 is 0 Å². The lowest BCUT2D eigenvalue weighted by Crippen LogP contribution is -2.43. The third-order valence-electron chi connectivity index (χ3n) is 15.2. The minimum atomic E-state index is -0.656. The predicted octanol–water partition coefficient (Wildman–Crippen LogP) is 16.0. The fraction of sp³-hybridized carbons (Fsp3) is 0.0312. The standard InChI is InChI=1S/C64H38N2S/c1-2-18-40(19-3-1)56-38-57(66-62(65-56)45-25-16-20-39-17-4-5-21-42(39)45)41-33-34-46-55(37-41)64(54-35-36-59-61(60(46)54)47-24-8-15-32-58(47)67-59)52-30-13-11-28-50(52)63(51-29-12-14-31-53(51)64)48-26-9-6-22-43(48)44-23-7-10-27-49(44)63/h1-38H. The molecule has 12 aromatic rings. The number of thiophene rings is 1. The zero-order valence-electron chi connectivity index (χ0n) is 36.2. The van der Waals surface area contributed by atoms with Crippen LogP contribution in [0.3, 0.4) is 0 Å². The number of hydrogen-bond acceptors (Lipinski definition) is 3. The zero-order valence-corrected chi connectivity index (χ0v) is 37.1. The highest BCUT2D eigenvalue weighted by atomic mass is 32.1. The largest absolute Gasteiger partial charge is 0.228 e. The van der Waals surface area contributed by atoms with Gasteiger partial charge in [0.25, 0.3) is 0 Å². The summed E-state index contributed by atoms with van der Waals surface area (Å²) in [4.78, 5) is 10.8. The molecule has 0 bridgehead atoms. The summed E-state index contributed by atoms with van der Waals surface area (Å²) in [7, 11) is 0. The Labute approximate surface area is 392 Å². The topological polar surface area (TPSA) is 25.8 Å². The second-order valence-electron chi connectivity index (χ2n) is 18.3. The molecule has 0 N–H and O–H groups in total. The van der Waals surface area contributed by atoms with E-state index in [4.69, 9.17) is 9.97 Å². The lowest BCUT2D eigenvalue weighted by atomic mass is 9.52. The number of benzene rings is 10. The summed E-state index contributed by atoms with van der Waals surface area (Å²) in [5, 5.41) is 4.94. The molecule has 0 saturated heterocycles. The van der Waals surface area contributed by atoms with Crippen molar-refractivity contribution in [3.63, 3.8) is 0 Å². The molecule has 0 atom stereocenters. The van der Waals surface area contributed by atoms with Crippen molar-refractivity contribution >= 4 is 42.3 Å². The summed E-state index contributed by atoms with van der Waals surface area (Å²) < 4.78 is 2.62. The van der Waals surface area contributed by atoms with E-state index in [0.29, 0.717) is 5.82 Å². The molecule has 3 aliphatic rings. The Bertz CT molecular complexity index is 3970. The third kappa shape index (κ3) is 4.78. The van der Waals surface area contributed by atoms with Crippen LogP contribution in [0.4, 0.5) is 0 Å². The monoisotopic (exact) mass is 866 g/mol. The van der Waals surface area contributed by atoms with Crippen LogP contribution >= 0.6 is 11.3 Å². The molecular weight excluding hydrogens is 829 g/mol. The summed E-state index contributed by atoms with van der Waals surface area (Å²) in [6, 6.07) is 85.8. The molecular formula is C64H38N2S. The van der Waals surface area contributed by atoms with Gasteiger partial charge < -0.3 is 0 Å². The van der Waals surface area contributed by atoms with Crippen molar-refractivity contribution in [1.82, 2.24) is 9.97 Å². The normalized spacial score (nSPS) is 14.2. The SMILES string of the molecule is c1ccc(-c2cc(-c3ccc4c(c3)C3(c5ccccc5C5(c6ccccc6-c6ccccc65)c5ccccc53)c3ccc5sc6ccccc6c5c3-4)nc(-c3cccc4ccccc34)n2)cc1. The number of aromatic nitrogens is 2. The quantitative estimate of drug-likeness (QED) is 0.177. The van der Waals surface area contributed by atoms with Gasteiger partial charge in [-0.25, -0.2) is 9.97 Å². The Morgan fingerprint density at radius 3 is 1.55 bits per heavy atom. The highest BCUT2D eigenvalue weighted by molar-refractivity contribution is 7.26. The van der Waals surface area contributed by atoms with Gasteiger partial charge in [-0.3, -0.25) is 0 Å². The molecule has 3 aliphatic carbocycles. The van der Waals surface area contributed by atoms with E-state index < -0.39 is 10.8 Å². The van der Waals surface area contributed by atoms with Gasteiger partial charge in [0.2, 0.25) is 0 Å². The smallest absolute Gasteiger partial charge is 0.161 e. The molecule has 2 nitrogen and oxygen atoms in total. The average molecular weight is 867 g/mol. The maximum Gasteiger partial charge on any atom is 0.161 e. The van der Waals surface area contributed by atoms with Gasteiger partial charge in [-0.05, 0) is 102 Å². The van der Waals surface area contributed by atoms with Crippen LogP contribution in [-0.2, 0) is 10.8 Å². The second kappa shape index (κ2) is 13.6. The van der Waals surface area contributed by atoms with Crippen LogP contribution in [0.1, 0.15) is 44.5 Å². The lowest BCUT2D eigenvalue weighted by Gasteiger charge is -2.48. The fourth-order valence-electron chi connectivity index (χ4n) is 12.6. The van der Waals surface area contributed by atoms with Gasteiger partial charge in [0, 0.05) is 36.9 Å².